The standard InChI is InChI=1S/C12H17NO2/c1-8-7-10(4-3-9(2)14)5-6-11(8)12(13)15/h5-6,8H,3-4,7H2,1-2H3,(H2,13,15). The maximum atomic E-state index is 11.0. The lowest BCUT2D eigenvalue weighted by atomic mass is 9.86. The predicted molar refractivity (Wildman–Crippen MR) is 59.1 cm³/mol. The zero-order chi connectivity index (χ0) is 11.4. The number of allylic oxidation sites excluding steroid dienone is 3. The maximum Gasteiger partial charge on any atom is 0.244 e. The average molecular weight is 207 g/mol. The predicted octanol–water partition coefficient (Wildman–Crippen LogP) is 1.73. The molecule has 3 heteroatoms. The second kappa shape index (κ2) is 4.91. The number of carbonyl (C=O) groups is 2. The number of hydrogen-bond donors (Lipinski definition) is 1. The molecule has 0 spiro atoms. The number of rotatable bonds is 4. The molecule has 0 aromatic rings. The molecule has 0 aromatic heterocycles. The van der Waals surface area contributed by atoms with Crippen molar-refractivity contribution >= 4 is 11.7 Å². The molecule has 0 saturated heterocycles. The van der Waals surface area contributed by atoms with Crippen LogP contribution in [0.1, 0.15) is 33.1 Å². The minimum Gasteiger partial charge on any atom is -0.366 e. The van der Waals surface area contributed by atoms with Crippen molar-refractivity contribution in [1.29, 1.82) is 0 Å². The van der Waals surface area contributed by atoms with Gasteiger partial charge in [0.15, 0.2) is 0 Å². The molecular weight excluding hydrogens is 190 g/mol. The number of primary amides is 1. The normalized spacial score (nSPS) is 20.5. The molecule has 0 aromatic carbocycles. The van der Waals surface area contributed by atoms with E-state index in [9.17, 15) is 9.59 Å². The van der Waals surface area contributed by atoms with Crippen LogP contribution < -0.4 is 5.73 Å². The second-order valence-corrected chi connectivity index (χ2v) is 4.12. The number of hydrogen-bond acceptors (Lipinski definition) is 2. The molecule has 1 aliphatic rings. The number of ketones is 1. The molecule has 1 unspecified atom stereocenters. The van der Waals surface area contributed by atoms with Crippen molar-refractivity contribution in [3.8, 4) is 0 Å². The van der Waals surface area contributed by atoms with Gasteiger partial charge in [-0.15, -0.1) is 0 Å². The lowest BCUT2D eigenvalue weighted by molar-refractivity contribution is -0.117. The van der Waals surface area contributed by atoms with Crippen LogP contribution in [0.25, 0.3) is 0 Å². The Morgan fingerprint density at radius 1 is 1.47 bits per heavy atom. The largest absolute Gasteiger partial charge is 0.366 e. The van der Waals surface area contributed by atoms with Gasteiger partial charge in [-0.2, -0.15) is 0 Å². The summed E-state index contributed by atoms with van der Waals surface area (Å²) < 4.78 is 0. The van der Waals surface area contributed by atoms with Crippen LogP contribution in [-0.2, 0) is 9.59 Å². The molecule has 0 aliphatic heterocycles. The summed E-state index contributed by atoms with van der Waals surface area (Å²) in [6.07, 6.45) is 5.91. The molecule has 15 heavy (non-hydrogen) atoms. The van der Waals surface area contributed by atoms with Crippen LogP contribution in [0.15, 0.2) is 23.3 Å². The third-order valence-electron chi connectivity index (χ3n) is 2.68. The van der Waals surface area contributed by atoms with Gasteiger partial charge >= 0.3 is 0 Å². The van der Waals surface area contributed by atoms with Crippen LogP contribution in [0.4, 0.5) is 0 Å². The Morgan fingerprint density at radius 2 is 2.13 bits per heavy atom. The van der Waals surface area contributed by atoms with Crippen molar-refractivity contribution in [2.45, 2.75) is 33.1 Å². The van der Waals surface area contributed by atoms with Gasteiger partial charge in [-0.05, 0) is 25.7 Å². The first-order valence-electron chi connectivity index (χ1n) is 5.19. The van der Waals surface area contributed by atoms with E-state index in [4.69, 9.17) is 5.73 Å². The molecule has 82 valence electrons. The molecule has 2 N–H and O–H groups in total. The van der Waals surface area contributed by atoms with Gasteiger partial charge in [0.05, 0.1) is 0 Å². The smallest absolute Gasteiger partial charge is 0.244 e. The SMILES string of the molecule is CC(=O)CCC1=CC=C(C(N)=O)C(C)C1. The zero-order valence-electron chi connectivity index (χ0n) is 9.25. The van der Waals surface area contributed by atoms with E-state index in [-0.39, 0.29) is 17.6 Å². The highest BCUT2D eigenvalue weighted by Gasteiger charge is 2.18. The van der Waals surface area contributed by atoms with Gasteiger partial charge in [-0.3, -0.25) is 4.79 Å². The van der Waals surface area contributed by atoms with Crippen LogP contribution in [0.5, 0.6) is 0 Å². The highest BCUT2D eigenvalue weighted by atomic mass is 16.1. The molecule has 0 fully saturated rings. The van der Waals surface area contributed by atoms with Gasteiger partial charge in [-0.1, -0.05) is 24.6 Å². The topological polar surface area (TPSA) is 60.2 Å². The Balaban J connectivity index is 2.64. The quantitative estimate of drug-likeness (QED) is 0.763. The number of Topliss-reactive ketones (excluding diaryl/α,β-unsaturated/α-hetero) is 1. The lowest BCUT2D eigenvalue weighted by Gasteiger charge is -2.19. The first-order valence-corrected chi connectivity index (χ1v) is 5.19. The van der Waals surface area contributed by atoms with Gasteiger partial charge in [0.1, 0.15) is 5.78 Å². The summed E-state index contributed by atoms with van der Waals surface area (Å²) in [5.41, 5.74) is 7.14. The first kappa shape index (κ1) is 11.7. The van der Waals surface area contributed by atoms with Crippen LogP contribution in [-0.4, -0.2) is 11.7 Å². The van der Waals surface area contributed by atoms with E-state index < -0.39 is 0 Å². The minimum atomic E-state index is -0.343. The van der Waals surface area contributed by atoms with Gasteiger partial charge in [0.2, 0.25) is 5.91 Å². The lowest BCUT2D eigenvalue weighted by Crippen LogP contribution is -2.21. The Labute approximate surface area is 90.0 Å². The summed E-state index contributed by atoms with van der Waals surface area (Å²) in [4.78, 5) is 21.8. The molecule has 1 aliphatic carbocycles. The van der Waals surface area contributed by atoms with Gasteiger partial charge in [-0.25, -0.2) is 0 Å². The van der Waals surface area contributed by atoms with Crippen molar-refractivity contribution in [1.82, 2.24) is 0 Å². The molecule has 3 nitrogen and oxygen atoms in total. The number of carbonyl (C=O) groups excluding carboxylic acids is 2. The Kier molecular flexibility index (Phi) is 3.83. The maximum absolute atomic E-state index is 11.0. The van der Waals surface area contributed by atoms with Crippen LogP contribution in [0.3, 0.4) is 0 Å². The van der Waals surface area contributed by atoms with E-state index in [1.807, 2.05) is 13.0 Å². The van der Waals surface area contributed by atoms with Crippen molar-refractivity contribution < 1.29 is 9.59 Å². The molecule has 1 atom stereocenters. The fourth-order valence-corrected chi connectivity index (χ4v) is 1.79. The summed E-state index contributed by atoms with van der Waals surface area (Å²) in [5.74, 6) is 0.0343. The Hall–Kier alpha value is -1.38. The summed E-state index contributed by atoms with van der Waals surface area (Å²) in [6.45, 7) is 3.58. The van der Waals surface area contributed by atoms with E-state index in [0.29, 0.717) is 12.0 Å². The Morgan fingerprint density at radius 3 is 2.60 bits per heavy atom. The summed E-state index contributed by atoms with van der Waals surface area (Å²) in [6, 6.07) is 0. The highest BCUT2D eigenvalue weighted by Crippen LogP contribution is 2.27. The van der Waals surface area contributed by atoms with Crippen LogP contribution in [0, 0.1) is 5.92 Å². The monoisotopic (exact) mass is 207 g/mol. The van der Waals surface area contributed by atoms with E-state index in [1.165, 1.54) is 5.57 Å². The minimum absolute atomic E-state index is 0.175. The summed E-state index contributed by atoms with van der Waals surface area (Å²) in [7, 11) is 0. The molecule has 0 saturated carbocycles. The van der Waals surface area contributed by atoms with Gasteiger partial charge in [0.25, 0.3) is 0 Å². The average Bonchev–Trinajstić information content (AvgIpc) is 2.14. The number of nitrogens with two attached hydrogens (primary N) is 1. The van der Waals surface area contributed by atoms with Crippen LogP contribution >= 0.6 is 0 Å². The third kappa shape index (κ3) is 3.35. The fourth-order valence-electron chi connectivity index (χ4n) is 1.79. The number of amides is 1. The van der Waals surface area contributed by atoms with Crippen molar-refractivity contribution in [2.75, 3.05) is 0 Å². The molecule has 0 heterocycles. The molecule has 1 rings (SSSR count). The molecule has 1 amide bonds. The van der Waals surface area contributed by atoms with Crippen molar-refractivity contribution in [3.63, 3.8) is 0 Å². The molecule has 0 radical (unpaired) electrons. The molecular formula is C12H17NO2. The Bertz CT molecular complexity index is 340. The summed E-state index contributed by atoms with van der Waals surface area (Å²) in [5, 5.41) is 0. The third-order valence-corrected chi connectivity index (χ3v) is 2.68. The first-order chi connectivity index (χ1) is 7.00. The van der Waals surface area contributed by atoms with E-state index in [1.54, 1.807) is 13.0 Å². The van der Waals surface area contributed by atoms with E-state index in [0.717, 1.165) is 12.8 Å². The summed E-state index contributed by atoms with van der Waals surface area (Å²) >= 11 is 0. The highest BCUT2D eigenvalue weighted by molar-refractivity contribution is 5.93. The van der Waals surface area contributed by atoms with Crippen molar-refractivity contribution in [2.24, 2.45) is 11.7 Å². The fraction of sp³-hybridized carbons (Fsp3) is 0.500. The van der Waals surface area contributed by atoms with E-state index in [2.05, 4.69) is 0 Å². The van der Waals surface area contributed by atoms with Gasteiger partial charge in [0, 0.05) is 12.0 Å². The molecule has 0 bridgehead atoms. The zero-order valence-corrected chi connectivity index (χ0v) is 9.25. The van der Waals surface area contributed by atoms with Crippen molar-refractivity contribution in [3.05, 3.63) is 23.3 Å². The second-order valence-electron chi connectivity index (χ2n) is 4.12. The van der Waals surface area contributed by atoms with E-state index >= 15 is 0 Å². The van der Waals surface area contributed by atoms with Gasteiger partial charge < -0.3 is 10.5 Å². The van der Waals surface area contributed by atoms with Crippen LogP contribution in [0.2, 0.25) is 0 Å².